The highest BCUT2D eigenvalue weighted by atomic mass is 19.4. The van der Waals surface area contributed by atoms with Gasteiger partial charge in [0.1, 0.15) is 0 Å². The zero-order valence-corrected chi connectivity index (χ0v) is 37.6. The van der Waals surface area contributed by atoms with Gasteiger partial charge in [-0.1, -0.05) is 163 Å². The molecule has 0 fully saturated rings. The molecule has 0 amide bonds. The Balaban J connectivity index is 1.28. The molecule has 0 saturated heterocycles. The maximum Gasteiger partial charge on any atom is 0.416 e. The van der Waals surface area contributed by atoms with Crippen LogP contribution < -0.4 is 0 Å². The van der Waals surface area contributed by atoms with Gasteiger partial charge in [-0.05, 0) is 114 Å². The Morgan fingerprint density at radius 2 is 0.779 bits per heavy atom. The van der Waals surface area contributed by atoms with Gasteiger partial charge in [0.15, 0.2) is 17.5 Å². The van der Waals surface area contributed by atoms with Gasteiger partial charge in [0.05, 0.1) is 22.3 Å². The lowest BCUT2D eigenvalue weighted by Gasteiger charge is -2.22. The number of hydrogen-bond donors (Lipinski definition) is 0. The molecule has 68 heavy (non-hydrogen) atoms. The maximum atomic E-state index is 14.8. The third-order valence-electron chi connectivity index (χ3n) is 12.8. The van der Waals surface area contributed by atoms with Gasteiger partial charge in [-0.25, -0.2) is 15.0 Å². The van der Waals surface area contributed by atoms with Gasteiger partial charge in [-0.3, -0.25) is 0 Å². The molecule has 0 N–H and O–H groups in total. The van der Waals surface area contributed by atoms with Gasteiger partial charge >= 0.3 is 6.18 Å². The van der Waals surface area contributed by atoms with E-state index in [0.717, 1.165) is 94.8 Å². The highest BCUT2D eigenvalue weighted by molar-refractivity contribution is 6.13. The van der Waals surface area contributed by atoms with Gasteiger partial charge in [0.2, 0.25) is 0 Å². The molecule has 0 aliphatic rings. The van der Waals surface area contributed by atoms with Crippen molar-refractivity contribution in [3.63, 3.8) is 0 Å². The lowest BCUT2D eigenvalue weighted by Crippen LogP contribution is -2.06. The molecule has 0 aliphatic heterocycles. The normalized spacial score (nSPS) is 11.7. The minimum atomic E-state index is -4.58. The fourth-order valence-corrected chi connectivity index (χ4v) is 9.45. The summed E-state index contributed by atoms with van der Waals surface area (Å²) >= 11 is 0. The van der Waals surface area contributed by atoms with Crippen molar-refractivity contribution in [1.29, 1.82) is 0 Å². The molecule has 0 radical (unpaired) electrons. The largest absolute Gasteiger partial charge is 0.416 e. The predicted molar refractivity (Wildman–Crippen MR) is 271 cm³/mol. The first-order valence-corrected chi connectivity index (χ1v) is 22.6. The summed E-state index contributed by atoms with van der Waals surface area (Å²) < 4.78 is 46.6. The van der Waals surface area contributed by atoms with E-state index in [0.29, 0.717) is 34.2 Å². The number of alkyl halides is 3. The zero-order chi connectivity index (χ0) is 46.5. The van der Waals surface area contributed by atoms with Crippen molar-refractivity contribution in [2.75, 3.05) is 0 Å². The summed E-state index contributed by atoms with van der Waals surface area (Å²) in [7, 11) is 0. The van der Waals surface area contributed by atoms with Crippen molar-refractivity contribution in [3.8, 4) is 84.4 Å². The molecule has 0 saturated carbocycles. The maximum absolute atomic E-state index is 14.8. The van der Waals surface area contributed by atoms with Crippen molar-refractivity contribution in [3.05, 3.63) is 229 Å². The van der Waals surface area contributed by atoms with Crippen molar-refractivity contribution >= 4 is 21.8 Å². The number of hydrogen-bond acceptors (Lipinski definition) is 3. The molecular weight excluding hydrogens is 846 g/mol. The number of aryl methyl sites for hydroxylation is 3. The first-order valence-electron chi connectivity index (χ1n) is 22.6. The van der Waals surface area contributed by atoms with Crippen LogP contribution in [0.25, 0.3) is 106 Å². The summed E-state index contributed by atoms with van der Waals surface area (Å²) in [6, 6.07) is 67.2. The summed E-state index contributed by atoms with van der Waals surface area (Å²) in [6.07, 6.45) is -4.58. The van der Waals surface area contributed by atoms with Gasteiger partial charge < -0.3 is 4.57 Å². The summed E-state index contributed by atoms with van der Waals surface area (Å²) in [5.74, 6) is 1.35. The topological polar surface area (TPSA) is 43.6 Å². The second kappa shape index (κ2) is 17.1. The van der Waals surface area contributed by atoms with Gasteiger partial charge in [0.25, 0.3) is 0 Å². The molecule has 11 rings (SSSR count). The molecule has 328 valence electrons. The number of halogens is 3. The molecule has 7 heteroatoms. The molecule has 0 unspecified atom stereocenters. The Morgan fingerprint density at radius 3 is 1.26 bits per heavy atom. The monoisotopic (exact) mass is 888 g/mol. The Bertz CT molecular complexity index is 3540. The van der Waals surface area contributed by atoms with Crippen LogP contribution in [0.1, 0.15) is 22.3 Å². The van der Waals surface area contributed by atoms with Crippen molar-refractivity contribution < 1.29 is 13.2 Å². The van der Waals surface area contributed by atoms with E-state index < -0.39 is 11.7 Å². The van der Waals surface area contributed by atoms with Crippen molar-refractivity contribution in [2.24, 2.45) is 0 Å². The summed E-state index contributed by atoms with van der Waals surface area (Å²) in [5, 5.41) is 2.03. The van der Waals surface area contributed by atoms with Crippen LogP contribution in [0, 0.1) is 20.8 Å². The number of rotatable bonds is 8. The molecule has 0 atom stereocenters. The van der Waals surface area contributed by atoms with Gasteiger partial charge in [-0.2, -0.15) is 13.2 Å². The first-order chi connectivity index (χ1) is 33.1. The van der Waals surface area contributed by atoms with E-state index in [1.165, 1.54) is 12.1 Å². The smallest absolute Gasteiger partial charge is 0.308 e. The van der Waals surface area contributed by atoms with Crippen molar-refractivity contribution in [2.45, 2.75) is 26.9 Å². The fraction of sp³-hybridized carbons (Fsp3) is 0.0656. The standard InChI is InChI=1S/C61H43F3N4/c1-38-16-14-23-43(32-38)51-36-47(60-66-58(41-19-6-4-7-20-41)65-59(67-60)42-21-8-5-9-22-42)37-52(44-24-15-25-48(33-44)61(62,63)64)57(51)68-55-30-28-45(49-26-12-10-17-39(49)2)34-53(55)54-35-46(29-31-56(54)68)50-27-13-11-18-40(50)3/h4-37H,1-3H3. The molecule has 4 nitrogen and oxygen atoms in total. The zero-order valence-electron chi connectivity index (χ0n) is 37.6. The third kappa shape index (κ3) is 7.81. The van der Waals surface area contributed by atoms with E-state index >= 15 is 0 Å². The number of benzene rings is 9. The predicted octanol–water partition coefficient (Wildman–Crippen LogP) is 16.6. The quantitative estimate of drug-likeness (QED) is 0.153. The van der Waals surface area contributed by atoms with Crippen LogP contribution in [0.3, 0.4) is 0 Å². The summed E-state index contributed by atoms with van der Waals surface area (Å²) in [5.41, 5.74) is 14.5. The van der Waals surface area contributed by atoms with Crippen LogP contribution in [0.15, 0.2) is 206 Å². The van der Waals surface area contributed by atoms with Crippen LogP contribution in [0.2, 0.25) is 0 Å². The highest BCUT2D eigenvalue weighted by Gasteiger charge is 2.31. The van der Waals surface area contributed by atoms with Crippen LogP contribution >= 0.6 is 0 Å². The molecule has 0 spiro atoms. The fourth-order valence-electron chi connectivity index (χ4n) is 9.45. The molecule has 9 aromatic carbocycles. The summed E-state index contributed by atoms with van der Waals surface area (Å²) in [6.45, 7) is 6.29. The minimum Gasteiger partial charge on any atom is -0.308 e. The van der Waals surface area contributed by atoms with Gasteiger partial charge in [-0.15, -0.1) is 0 Å². The van der Waals surface area contributed by atoms with Crippen LogP contribution in [0.5, 0.6) is 0 Å². The van der Waals surface area contributed by atoms with Crippen LogP contribution in [-0.4, -0.2) is 19.5 Å². The number of aromatic nitrogens is 4. The minimum absolute atomic E-state index is 0.388. The average molecular weight is 889 g/mol. The lowest BCUT2D eigenvalue weighted by molar-refractivity contribution is -0.137. The SMILES string of the molecule is Cc1cccc(-c2cc(-c3nc(-c4ccccc4)nc(-c4ccccc4)n3)cc(-c3cccc(C(F)(F)F)c3)c2-n2c3ccc(-c4ccccc4C)cc3c3cc(-c4ccccc4C)ccc32)c1. The molecule has 0 aliphatic carbocycles. The van der Waals surface area contributed by atoms with Crippen molar-refractivity contribution in [1.82, 2.24) is 19.5 Å². The average Bonchev–Trinajstić information content (AvgIpc) is 3.69. The van der Waals surface area contributed by atoms with E-state index in [1.807, 2.05) is 97.9 Å². The van der Waals surface area contributed by atoms with Crippen LogP contribution in [0.4, 0.5) is 13.2 Å². The highest BCUT2D eigenvalue weighted by Crippen LogP contribution is 2.46. The Hall–Kier alpha value is -8.42. The first kappa shape index (κ1) is 42.2. The van der Waals surface area contributed by atoms with E-state index in [-0.39, 0.29) is 0 Å². The number of fused-ring (bicyclic) bond motifs is 3. The van der Waals surface area contributed by atoms with E-state index in [2.05, 4.69) is 109 Å². The number of nitrogens with zero attached hydrogens (tertiary/aromatic N) is 4. The third-order valence-corrected chi connectivity index (χ3v) is 12.8. The summed E-state index contributed by atoms with van der Waals surface area (Å²) in [4.78, 5) is 15.2. The van der Waals surface area contributed by atoms with E-state index in [9.17, 15) is 13.2 Å². The second-order valence-corrected chi connectivity index (χ2v) is 17.3. The Morgan fingerprint density at radius 1 is 0.353 bits per heavy atom. The molecule has 0 bridgehead atoms. The molecular formula is C61H43F3N4. The Kier molecular flexibility index (Phi) is 10.6. The molecule has 2 aromatic heterocycles. The molecule has 2 heterocycles. The molecule has 11 aromatic rings. The Labute approximate surface area is 392 Å². The van der Waals surface area contributed by atoms with Gasteiger partial charge in [0, 0.05) is 38.6 Å². The van der Waals surface area contributed by atoms with Crippen LogP contribution in [-0.2, 0) is 6.18 Å². The second-order valence-electron chi connectivity index (χ2n) is 17.3. The van der Waals surface area contributed by atoms with E-state index in [1.54, 1.807) is 6.07 Å². The lowest BCUT2D eigenvalue weighted by atomic mass is 9.91. The van der Waals surface area contributed by atoms with E-state index in [4.69, 9.17) is 15.0 Å².